The van der Waals surface area contributed by atoms with Gasteiger partial charge in [-0.1, -0.05) is 0 Å². The van der Waals surface area contributed by atoms with E-state index >= 15 is 0 Å². The topological polar surface area (TPSA) is 32.7 Å². The second-order valence-electron chi connectivity index (χ2n) is 6.19. The molecule has 0 radical (unpaired) electrons. The lowest BCUT2D eigenvalue weighted by Crippen LogP contribution is -2.53. The molecule has 3 heteroatoms. The SMILES string of the molecule is OCC1CCN(C2CCOC3(CCC3)C2)CC1. The molecule has 0 bridgehead atoms. The molecule has 17 heavy (non-hydrogen) atoms. The molecule has 98 valence electrons. The molecule has 1 unspecified atom stereocenters. The van der Waals surface area contributed by atoms with Crippen LogP contribution in [0.1, 0.15) is 44.9 Å². The Bertz CT molecular complexity index is 257. The highest BCUT2D eigenvalue weighted by molar-refractivity contribution is 4.97. The van der Waals surface area contributed by atoms with E-state index in [4.69, 9.17) is 4.74 Å². The molecule has 1 N–H and O–H groups in total. The summed E-state index contributed by atoms with van der Waals surface area (Å²) < 4.78 is 6.00. The maximum Gasteiger partial charge on any atom is 0.0697 e. The van der Waals surface area contributed by atoms with E-state index in [0.717, 1.165) is 12.6 Å². The average Bonchev–Trinajstić information content (AvgIpc) is 2.37. The Morgan fingerprint density at radius 3 is 2.53 bits per heavy atom. The Kier molecular flexibility index (Phi) is 3.42. The van der Waals surface area contributed by atoms with E-state index < -0.39 is 0 Å². The number of rotatable bonds is 2. The van der Waals surface area contributed by atoms with Gasteiger partial charge in [-0.3, -0.25) is 0 Å². The second kappa shape index (κ2) is 4.87. The standard InChI is InChI=1S/C14H25NO2/c16-11-12-2-7-15(8-3-12)13-4-9-17-14(10-13)5-1-6-14/h12-13,16H,1-11H2. The molecule has 1 atom stereocenters. The van der Waals surface area contributed by atoms with Gasteiger partial charge in [0.1, 0.15) is 0 Å². The Labute approximate surface area is 104 Å². The van der Waals surface area contributed by atoms with Crippen LogP contribution in [0.5, 0.6) is 0 Å². The van der Waals surface area contributed by atoms with Crippen LogP contribution in [0.25, 0.3) is 0 Å². The Balaban J connectivity index is 1.54. The van der Waals surface area contributed by atoms with Crippen molar-refractivity contribution in [1.29, 1.82) is 0 Å². The Hall–Kier alpha value is -0.120. The minimum atomic E-state index is 0.275. The van der Waals surface area contributed by atoms with Crippen LogP contribution in [-0.2, 0) is 4.74 Å². The first-order valence-corrected chi connectivity index (χ1v) is 7.30. The third-order valence-corrected chi connectivity index (χ3v) is 5.16. The van der Waals surface area contributed by atoms with E-state index in [2.05, 4.69) is 4.90 Å². The summed E-state index contributed by atoms with van der Waals surface area (Å²) >= 11 is 0. The molecule has 2 aliphatic heterocycles. The van der Waals surface area contributed by atoms with Crippen LogP contribution < -0.4 is 0 Å². The number of hydrogen-bond donors (Lipinski definition) is 1. The van der Waals surface area contributed by atoms with E-state index in [1.165, 1.54) is 58.0 Å². The van der Waals surface area contributed by atoms with Crippen LogP contribution in [0.4, 0.5) is 0 Å². The quantitative estimate of drug-likeness (QED) is 0.797. The fourth-order valence-corrected chi connectivity index (χ4v) is 3.73. The van der Waals surface area contributed by atoms with E-state index in [9.17, 15) is 5.11 Å². The summed E-state index contributed by atoms with van der Waals surface area (Å²) in [7, 11) is 0. The largest absolute Gasteiger partial charge is 0.396 e. The van der Waals surface area contributed by atoms with Crippen LogP contribution in [0.2, 0.25) is 0 Å². The van der Waals surface area contributed by atoms with Crippen molar-refractivity contribution in [3.8, 4) is 0 Å². The highest BCUT2D eigenvalue weighted by atomic mass is 16.5. The van der Waals surface area contributed by atoms with E-state index in [0.29, 0.717) is 12.5 Å². The minimum absolute atomic E-state index is 0.275. The predicted octanol–water partition coefficient (Wildman–Crippen LogP) is 1.79. The lowest BCUT2D eigenvalue weighted by Gasteiger charge is -2.50. The number of piperidine rings is 1. The summed E-state index contributed by atoms with van der Waals surface area (Å²) in [5, 5.41) is 9.18. The monoisotopic (exact) mass is 239 g/mol. The molecule has 1 saturated carbocycles. The molecule has 0 aromatic carbocycles. The summed E-state index contributed by atoms with van der Waals surface area (Å²) in [6, 6.07) is 0.753. The highest BCUT2D eigenvalue weighted by Gasteiger charge is 2.44. The Morgan fingerprint density at radius 1 is 1.18 bits per heavy atom. The van der Waals surface area contributed by atoms with Crippen LogP contribution >= 0.6 is 0 Å². The molecule has 3 aliphatic rings. The smallest absolute Gasteiger partial charge is 0.0697 e. The fraction of sp³-hybridized carbons (Fsp3) is 1.00. The van der Waals surface area contributed by atoms with E-state index in [-0.39, 0.29) is 5.60 Å². The van der Waals surface area contributed by atoms with Crippen LogP contribution in [0.3, 0.4) is 0 Å². The zero-order chi connectivity index (χ0) is 11.7. The van der Waals surface area contributed by atoms with Gasteiger partial charge in [0.2, 0.25) is 0 Å². The van der Waals surface area contributed by atoms with Gasteiger partial charge in [-0.25, -0.2) is 0 Å². The average molecular weight is 239 g/mol. The second-order valence-corrected chi connectivity index (χ2v) is 6.19. The van der Waals surface area contributed by atoms with Gasteiger partial charge in [0.15, 0.2) is 0 Å². The van der Waals surface area contributed by atoms with Crippen molar-refractivity contribution in [3.05, 3.63) is 0 Å². The van der Waals surface area contributed by atoms with Crippen molar-refractivity contribution >= 4 is 0 Å². The van der Waals surface area contributed by atoms with Gasteiger partial charge < -0.3 is 14.7 Å². The Morgan fingerprint density at radius 2 is 1.94 bits per heavy atom. The first-order chi connectivity index (χ1) is 8.31. The van der Waals surface area contributed by atoms with Gasteiger partial charge in [0.05, 0.1) is 5.60 Å². The number of aliphatic hydroxyl groups excluding tert-OH is 1. The first kappa shape index (κ1) is 11.9. The summed E-state index contributed by atoms with van der Waals surface area (Å²) in [5.41, 5.74) is 0.275. The van der Waals surface area contributed by atoms with Gasteiger partial charge in [0, 0.05) is 19.3 Å². The molecular formula is C14H25NO2. The first-order valence-electron chi connectivity index (χ1n) is 7.30. The number of nitrogens with zero attached hydrogens (tertiary/aromatic N) is 1. The lowest BCUT2D eigenvalue weighted by atomic mass is 9.73. The zero-order valence-corrected chi connectivity index (χ0v) is 10.7. The highest BCUT2D eigenvalue weighted by Crippen LogP contribution is 2.43. The predicted molar refractivity (Wildman–Crippen MR) is 66.9 cm³/mol. The lowest BCUT2D eigenvalue weighted by molar-refractivity contribution is -0.150. The van der Waals surface area contributed by atoms with Gasteiger partial charge >= 0.3 is 0 Å². The number of hydrogen-bond acceptors (Lipinski definition) is 3. The molecule has 1 spiro atoms. The maximum absolute atomic E-state index is 9.18. The molecule has 0 aromatic rings. The molecule has 0 amide bonds. The van der Waals surface area contributed by atoms with Crippen molar-refractivity contribution in [2.45, 2.75) is 56.6 Å². The summed E-state index contributed by atoms with van der Waals surface area (Å²) in [6.07, 6.45) is 8.77. The molecule has 2 heterocycles. The molecule has 3 fully saturated rings. The maximum atomic E-state index is 9.18. The van der Waals surface area contributed by atoms with Crippen molar-refractivity contribution in [2.24, 2.45) is 5.92 Å². The molecule has 3 rings (SSSR count). The molecule has 1 aliphatic carbocycles. The van der Waals surface area contributed by atoms with Gasteiger partial charge in [-0.05, 0) is 64.0 Å². The third-order valence-electron chi connectivity index (χ3n) is 5.16. The minimum Gasteiger partial charge on any atom is -0.396 e. The van der Waals surface area contributed by atoms with Crippen LogP contribution in [0, 0.1) is 5.92 Å². The number of likely N-dealkylation sites (tertiary alicyclic amines) is 1. The van der Waals surface area contributed by atoms with Gasteiger partial charge in [-0.15, -0.1) is 0 Å². The van der Waals surface area contributed by atoms with E-state index in [1.807, 2.05) is 0 Å². The summed E-state index contributed by atoms with van der Waals surface area (Å²) in [4.78, 5) is 2.66. The molecular weight excluding hydrogens is 214 g/mol. The van der Waals surface area contributed by atoms with Crippen molar-refractivity contribution in [1.82, 2.24) is 4.90 Å². The van der Waals surface area contributed by atoms with Crippen LogP contribution in [-0.4, -0.2) is 48.0 Å². The molecule has 3 nitrogen and oxygen atoms in total. The normalized spacial score (nSPS) is 34.8. The zero-order valence-electron chi connectivity index (χ0n) is 10.7. The number of aliphatic hydroxyl groups is 1. The fourth-order valence-electron chi connectivity index (χ4n) is 3.73. The van der Waals surface area contributed by atoms with Gasteiger partial charge in [-0.2, -0.15) is 0 Å². The van der Waals surface area contributed by atoms with E-state index in [1.54, 1.807) is 0 Å². The third kappa shape index (κ3) is 2.38. The van der Waals surface area contributed by atoms with Crippen molar-refractivity contribution in [2.75, 3.05) is 26.3 Å². The van der Waals surface area contributed by atoms with Crippen molar-refractivity contribution in [3.63, 3.8) is 0 Å². The summed E-state index contributed by atoms with van der Waals surface area (Å²) in [6.45, 7) is 3.72. The molecule has 0 aromatic heterocycles. The van der Waals surface area contributed by atoms with Gasteiger partial charge in [0.25, 0.3) is 0 Å². The van der Waals surface area contributed by atoms with Crippen LogP contribution in [0.15, 0.2) is 0 Å². The summed E-state index contributed by atoms with van der Waals surface area (Å²) in [5.74, 6) is 0.559. The number of ether oxygens (including phenoxy) is 1. The van der Waals surface area contributed by atoms with Crippen molar-refractivity contribution < 1.29 is 9.84 Å². The molecule has 2 saturated heterocycles.